The molecule has 2 N–H and O–H groups in total. The minimum atomic E-state index is -0.704. The molecular weight excluding hydrogens is 208 g/mol. The van der Waals surface area contributed by atoms with Crippen LogP contribution in [0.25, 0.3) is 0 Å². The number of carbonyl (C=O) groups excluding carboxylic acids is 2. The predicted octanol–water partition coefficient (Wildman–Crippen LogP) is 0.415. The van der Waals surface area contributed by atoms with E-state index in [1.165, 1.54) is 7.11 Å². The van der Waals surface area contributed by atoms with Crippen molar-refractivity contribution in [2.75, 3.05) is 13.7 Å². The van der Waals surface area contributed by atoms with Gasteiger partial charge in [0.15, 0.2) is 10.7 Å². The molecule has 1 aromatic heterocycles. The first-order valence-electron chi connectivity index (χ1n) is 3.65. The van der Waals surface area contributed by atoms with E-state index >= 15 is 0 Å². The van der Waals surface area contributed by atoms with Gasteiger partial charge in [-0.05, 0) is 0 Å². The van der Waals surface area contributed by atoms with Crippen LogP contribution in [0, 0.1) is 0 Å². The molecule has 0 bridgehead atoms. The van der Waals surface area contributed by atoms with Gasteiger partial charge in [-0.3, -0.25) is 4.79 Å². The lowest BCUT2D eigenvalue weighted by atomic mass is 10.3. The van der Waals surface area contributed by atoms with Crippen LogP contribution in [0.2, 0.25) is 0 Å². The fourth-order valence-corrected chi connectivity index (χ4v) is 1.73. The number of esters is 1. The van der Waals surface area contributed by atoms with Gasteiger partial charge in [0.25, 0.3) is 0 Å². The van der Waals surface area contributed by atoms with Crippen molar-refractivity contribution in [3.8, 4) is 5.75 Å². The minimum absolute atomic E-state index is 0.0377. The lowest BCUT2D eigenvalue weighted by molar-refractivity contribution is 0.0603. The van der Waals surface area contributed by atoms with Gasteiger partial charge in [-0.15, -0.1) is 11.3 Å². The number of ether oxygens (including phenoxy) is 1. The number of hydrogen-bond donors (Lipinski definition) is 2. The van der Waals surface area contributed by atoms with Crippen molar-refractivity contribution in [1.29, 1.82) is 0 Å². The molecule has 1 rings (SSSR count). The molecule has 1 aromatic rings. The number of aliphatic hydroxyl groups is 1. The normalized spacial score (nSPS) is 9.86. The molecule has 0 aliphatic rings. The van der Waals surface area contributed by atoms with Gasteiger partial charge in [-0.1, -0.05) is 0 Å². The van der Waals surface area contributed by atoms with Gasteiger partial charge in [-0.25, -0.2) is 4.79 Å². The van der Waals surface area contributed by atoms with Crippen molar-refractivity contribution >= 4 is 23.1 Å². The van der Waals surface area contributed by atoms with Crippen LogP contribution in [0.3, 0.4) is 0 Å². The number of rotatable bonds is 3. The summed E-state index contributed by atoms with van der Waals surface area (Å²) in [6, 6.07) is 1.13. The smallest absolute Gasteiger partial charge is 0.351 e. The molecule has 0 fully saturated rings. The maximum absolute atomic E-state index is 11.0. The van der Waals surface area contributed by atoms with Crippen LogP contribution in [0.1, 0.15) is 19.3 Å². The Bertz CT molecular complexity index is 368. The van der Waals surface area contributed by atoms with Gasteiger partial charge in [0.1, 0.15) is 12.4 Å². The third kappa shape index (κ3) is 1.91. The first kappa shape index (κ1) is 10.7. The number of ketones is 1. The molecule has 0 unspecified atom stereocenters. The molecule has 76 valence electrons. The number of aromatic hydroxyl groups is 1. The Morgan fingerprint density at radius 3 is 2.71 bits per heavy atom. The predicted molar refractivity (Wildman–Crippen MR) is 48.7 cm³/mol. The van der Waals surface area contributed by atoms with E-state index in [9.17, 15) is 14.7 Å². The van der Waals surface area contributed by atoms with Gasteiger partial charge in [0, 0.05) is 6.07 Å². The summed E-state index contributed by atoms with van der Waals surface area (Å²) in [6.07, 6.45) is 0. The Morgan fingerprint density at radius 2 is 2.21 bits per heavy atom. The van der Waals surface area contributed by atoms with Crippen LogP contribution in [-0.4, -0.2) is 35.7 Å². The topological polar surface area (TPSA) is 83.8 Å². The second-order valence-corrected chi connectivity index (χ2v) is 3.45. The molecular formula is C8H8O5S. The quantitative estimate of drug-likeness (QED) is 0.565. The highest BCUT2D eigenvalue weighted by molar-refractivity contribution is 7.16. The van der Waals surface area contributed by atoms with Crippen molar-refractivity contribution < 1.29 is 24.5 Å². The zero-order chi connectivity index (χ0) is 10.7. The van der Waals surface area contributed by atoms with E-state index < -0.39 is 18.4 Å². The monoisotopic (exact) mass is 216 g/mol. The van der Waals surface area contributed by atoms with E-state index in [2.05, 4.69) is 4.74 Å². The summed E-state index contributed by atoms with van der Waals surface area (Å²) < 4.78 is 4.38. The number of methoxy groups -OCH3 is 1. The molecule has 0 amide bonds. The van der Waals surface area contributed by atoms with Gasteiger partial charge in [0.05, 0.1) is 12.0 Å². The molecule has 0 saturated carbocycles. The molecule has 0 atom stereocenters. The van der Waals surface area contributed by atoms with Crippen LogP contribution in [-0.2, 0) is 4.74 Å². The average Bonchev–Trinajstić information content (AvgIpc) is 2.58. The highest BCUT2D eigenvalue weighted by Crippen LogP contribution is 2.28. The molecule has 0 saturated heterocycles. The van der Waals surface area contributed by atoms with E-state index in [0.29, 0.717) is 0 Å². The largest absolute Gasteiger partial charge is 0.506 e. The van der Waals surface area contributed by atoms with Gasteiger partial charge in [0.2, 0.25) is 0 Å². The molecule has 0 aliphatic heterocycles. The van der Waals surface area contributed by atoms with Crippen LogP contribution >= 0.6 is 11.3 Å². The first-order valence-corrected chi connectivity index (χ1v) is 4.47. The second-order valence-electron chi connectivity index (χ2n) is 2.40. The third-order valence-electron chi connectivity index (χ3n) is 1.50. The highest BCUT2D eigenvalue weighted by atomic mass is 32.1. The number of hydrogen-bond acceptors (Lipinski definition) is 6. The van der Waals surface area contributed by atoms with Crippen LogP contribution in [0.15, 0.2) is 6.07 Å². The molecule has 0 spiro atoms. The third-order valence-corrected chi connectivity index (χ3v) is 2.65. The zero-order valence-electron chi connectivity index (χ0n) is 7.31. The zero-order valence-corrected chi connectivity index (χ0v) is 8.13. The molecule has 5 nitrogen and oxygen atoms in total. The summed E-state index contributed by atoms with van der Waals surface area (Å²) in [5.74, 6) is -1.55. The van der Waals surface area contributed by atoms with Crippen LogP contribution < -0.4 is 0 Å². The van der Waals surface area contributed by atoms with Crippen molar-refractivity contribution in [1.82, 2.24) is 0 Å². The average molecular weight is 216 g/mol. The Hall–Kier alpha value is -1.40. The number of thiophene rings is 1. The van der Waals surface area contributed by atoms with E-state index in [1.807, 2.05) is 0 Å². The fourth-order valence-electron chi connectivity index (χ4n) is 0.836. The maximum Gasteiger partial charge on any atom is 0.351 e. The Balaban J connectivity index is 3.05. The van der Waals surface area contributed by atoms with Gasteiger partial charge >= 0.3 is 5.97 Å². The summed E-state index contributed by atoms with van der Waals surface area (Å²) in [4.78, 5) is 22.1. The van der Waals surface area contributed by atoms with Crippen LogP contribution in [0.4, 0.5) is 0 Å². The summed E-state index contributed by atoms with van der Waals surface area (Å²) in [5, 5.41) is 17.8. The van der Waals surface area contributed by atoms with Crippen LogP contribution in [0.5, 0.6) is 5.75 Å². The lowest BCUT2D eigenvalue weighted by Gasteiger charge is -1.93. The summed E-state index contributed by atoms with van der Waals surface area (Å²) in [7, 11) is 1.18. The Labute approximate surface area is 83.6 Å². The Morgan fingerprint density at radius 1 is 1.57 bits per heavy atom. The highest BCUT2D eigenvalue weighted by Gasteiger charge is 2.19. The standard InChI is InChI=1S/C8H8O5S/c1-13-8(12)7-4(10)2-6(14-7)5(11)3-9/h2,9-10H,3H2,1H3. The number of carbonyl (C=O) groups is 2. The Kier molecular flexibility index (Phi) is 3.21. The molecule has 0 aliphatic carbocycles. The minimum Gasteiger partial charge on any atom is -0.506 e. The van der Waals surface area contributed by atoms with Gasteiger partial charge in [-0.2, -0.15) is 0 Å². The molecule has 0 radical (unpaired) electrons. The second kappa shape index (κ2) is 4.21. The summed E-state index contributed by atoms with van der Waals surface area (Å²) >= 11 is 0.791. The summed E-state index contributed by atoms with van der Waals surface area (Å²) in [5.41, 5.74) is 0. The van der Waals surface area contributed by atoms with E-state index in [1.54, 1.807) is 0 Å². The van der Waals surface area contributed by atoms with Gasteiger partial charge < -0.3 is 14.9 Å². The van der Waals surface area contributed by atoms with E-state index in [-0.39, 0.29) is 15.5 Å². The van der Waals surface area contributed by atoms with E-state index in [4.69, 9.17) is 5.11 Å². The van der Waals surface area contributed by atoms with Crippen molar-refractivity contribution in [2.24, 2.45) is 0 Å². The fraction of sp³-hybridized carbons (Fsp3) is 0.250. The molecule has 14 heavy (non-hydrogen) atoms. The van der Waals surface area contributed by atoms with Crippen molar-refractivity contribution in [3.05, 3.63) is 15.8 Å². The van der Waals surface area contributed by atoms with E-state index in [0.717, 1.165) is 17.4 Å². The SMILES string of the molecule is COC(=O)c1sc(C(=O)CO)cc1O. The summed E-state index contributed by atoms with van der Waals surface area (Å²) in [6.45, 7) is -0.652. The molecule has 1 heterocycles. The number of Topliss-reactive ketones (excluding diaryl/α,β-unsaturated/α-hetero) is 1. The first-order chi connectivity index (χ1) is 6.60. The van der Waals surface area contributed by atoms with Crippen molar-refractivity contribution in [3.63, 3.8) is 0 Å². The lowest BCUT2D eigenvalue weighted by Crippen LogP contribution is -2.01. The molecule has 0 aromatic carbocycles. The maximum atomic E-state index is 11.0. The molecule has 6 heteroatoms. The number of aliphatic hydroxyl groups excluding tert-OH is 1. The van der Waals surface area contributed by atoms with Crippen molar-refractivity contribution in [2.45, 2.75) is 0 Å².